The SMILES string of the molecule is Cc1c(CN(C)C(=O)C(C)n2ccc(C(=O)O)n2)cnn1C. The second-order valence-electron chi connectivity index (χ2n) is 5.24. The maximum Gasteiger partial charge on any atom is 0.356 e. The molecule has 0 aromatic carbocycles. The van der Waals surface area contributed by atoms with Gasteiger partial charge < -0.3 is 10.0 Å². The van der Waals surface area contributed by atoms with Gasteiger partial charge in [-0.1, -0.05) is 0 Å². The van der Waals surface area contributed by atoms with E-state index in [1.54, 1.807) is 29.7 Å². The van der Waals surface area contributed by atoms with E-state index in [2.05, 4.69) is 10.2 Å². The number of carboxylic acids is 1. The molecule has 8 nitrogen and oxygen atoms in total. The van der Waals surface area contributed by atoms with Gasteiger partial charge in [0.15, 0.2) is 5.69 Å². The fraction of sp³-hybridized carbons (Fsp3) is 0.429. The Kier molecular flexibility index (Phi) is 4.30. The maximum absolute atomic E-state index is 12.4. The average molecular weight is 305 g/mol. The molecule has 0 spiro atoms. The Morgan fingerprint density at radius 1 is 1.45 bits per heavy atom. The lowest BCUT2D eigenvalue weighted by Crippen LogP contribution is -2.33. The van der Waals surface area contributed by atoms with Crippen LogP contribution in [0.4, 0.5) is 0 Å². The first-order valence-electron chi connectivity index (χ1n) is 6.82. The zero-order chi connectivity index (χ0) is 16.4. The first-order chi connectivity index (χ1) is 10.3. The fourth-order valence-electron chi connectivity index (χ4n) is 2.13. The number of aryl methyl sites for hydroxylation is 1. The molecule has 1 atom stereocenters. The Bertz CT molecular complexity index is 703. The number of aromatic carboxylic acids is 1. The highest BCUT2D eigenvalue weighted by atomic mass is 16.4. The average Bonchev–Trinajstić information content (AvgIpc) is 3.08. The summed E-state index contributed by atoms with van der Waals surface area (Å²) >= 11 is 0. The Balaban J connectivity index is 2.08. The van der Waals surface area contributed by atoms with Crippen LogP contribution in [0.5, 0.6) is 0 Å². The van der Waals surface area contributed by atoms with Gasteiger partial charge in [-0.05, 0) is 19.9 Å². The fourth-order valence-corrected chi connectivity index (χ4v) is 2.13. The van der Waals surface area contributed by atoms with Crippen LogP contribution in [-0.2, 0) is 18.4 Å². The number of amides is 1. The third-order valence-corrected chi connectivity index (χ3v) is 3.70. The van der Waals surface area contributed by atoms with E-state index < -0.39 is 12.0 Å². The number of carbonyl (C=O) groups excluding carboxylic acids is 1. The van der Waals surface area contributed by atoms with Gasteiger partial charge in [0.1, 0.15) is 6.04 Å². The normalized spacial score (nSPS) is 12.2. The highest BCUT2D eigenvalue weighted by Crippen LogP contribution is 2.13. The zero-order valence-corrected chi connectivity index (χ0v) is 13.0. The number of aromatic nitrogens is 4. The van der Waals surface area contributed by atoms with Gasteiger partial charge in [-0.3, -0.25) is 14.2 Å². The van der Waals surface area contributed by atoms with Gasteiger partial charge >= 0.3 is 5.97 Å². The van der Waals surface area contributed by atoms with Crippen molar-refractivity contribution in [2.45, 2.75) is 26.4 Å². The Morgan fingerprint density at radius 3 is 2.64 bits per heavy atom. The molecule has 0 aliphatic carbocycles. The molecule has 1 N–H and O–H groups in total. The lowest BCUT2D eigenvalue weighted by molar-refractivity contribution is -0.133. The van der Waals surface area contributed by atoms with Crippen molar-refractivity contribution in [3.8, 4) is 0 Å². The van der Waals surface area contributed by atoms with Crippen molar-refractivity contribution in [2.24, 2.45) is 7.05 Å². The number of hydrogen-bond donors (Lipinski definition) is 1. The summed E-state index contributed by atoms with van der Waals surface area (Å²) in [7, 11) is 3.55. The molecule has 0 bridgehead atoms. The Labute approximate surface area is 127 Å². The van der Waals surface area contributed by atoms with Gasteiger partial charge in [-0.15, -0.1) is 0 Å². The van der Waals surface area contributed by atoms with Crippen LogP contribution in [0.3, 0.4) is 0 Å². The van der Waals surface area contributed by atoms with Gasteiger partial charge in [0, 0.05) is 38.1 Å². The van der Waals surface area contributed by atoms with Gasteiger partial charge in [0.2, 0.25) is 5.91 Å². The van der Waals surface area contributed by atoms with Crippen molar-refractivity contribution in [1.82, 2.24) is 24.5 Å². The molecular weight excluding hydrogens is 286 g/mol. The number of hydrogen-bond acceptors (Lipinski definition) is 4. The summed E-state index contributed by atoms with van der Waals surface area (Å²) in [4.78, 5) is 24.9. The van der Waals surface area contributed by atoms with E-state index in [-0.39, 0.29) is 11.6 Å². The maximum atomic E-state index is 12.4. The topological polar surface area (TPSA) is 93.2 Å². The van der Waals surface area contributed by atoms with Gasteiger partial charge in [0.25, 0.3) is 0 Å². The number of rotatable bonds is 5. The highest BCUT2D eigenvalue weighted by molar-refractivity contribution is 5.85. The first kappa shape index (κ1) is 15.7. The molecule has 0 saturated heterocycles. The smallest absolute Gasteiger partial charge is 0.356 e. The molecule has 1 amide bonds. The van der Waals surface area contributed by atoms with Crippen LogP contribution in [0.1, 0.15) is 34.7 Å². The molecule has 2 heterocycles. The number of nitrogens with zero attached hydrogens (tertiary/aromatic N) is 5. The molecule has 2 rings (SSSR count). The summed E-state index contributed by atoms with van der Waals surface area (Å²) in [5, 5.41) is 16.9. The van der Waals surface area contributed by atoms with Crippen molar-refractivity contribution < 1.29 is 14.7 Å². The minimum absolute atomic E-state index is 0.0783. The lowest BCUT2D eigenvalue weighted by atomic mass is 10.2. The van der Waals surface area contributed by atoms with Crippen LogP contribution >= 0.6 is 0 Å². The Morgan fingerprint density at radius 2 is 2.14 bits per heavy atom. The van der Waals surface area contributed by atoms with E-state index in [1.165, 1.54) is 16.9 Å². The third-order valence-electron chi connectivity index (χ3n) is 3.70. The van der Waals surface area contributed by atoms with E-state index in [0.717, 1.165) is 11.3 Å². The van der Waals surface area contributed by atoms with E-state index in [4.69, 9.17) is 5.11 Å². The number of likely N-dealkylation sites (N-methyl/N-ethyl adjacent to an activating group) is 1. The van der Waals surface area contributed by atoms with Crippen LogP contribution in [0.15, 0.2) is 18.5 Å². The van der Waals surface area contributed by atoms with Gasteiger partial charge in [-0.2, -0.15) is 10.2 Å². The summed E-state index contributed by atoms with van der Waals surface area (Å²) in [6, 6.07) is 0.798. The predicted molar refractivity (Wildman–Crippen MR) is 78.3 cm³/mol. The van der Waals surface area contributed by atoms with Crippen molar-refractivity contribution >= 4 is 11.9 Å². The number of carbonyl (C=O) groups is 2. The molecule has 2 aromatic rings. The third kappa shape index (κ3) is 3.00. The quantitative estimate of drug-likeness (QED) is 0.883. The summed E-state index contributed by atoms with van der Waals surface area (Å²) in [5.41, 5.74) is 1.89. The summed E-state index contributed by atoms with van der Waals surface area (Å²) in [6.45, 7) is 4.07. The molecule has 118 valence electrons. The minimum atomic E-state index is -1.11. The molecule has 2 aromatic heterocycles. The van der Waals surface area contributed by atoms with Crippen molar-refractivity contribution in [3.63, 3.8) is 0 Å². The lowest BCUT2D eigenvalue weighted by Gasteiger charge is -2.21. The van der Waals surface area contributed by atoms with Crippen LogP contribution < -0.4 is 0 Å². The summed E-state index contributed by atoms with van der Waals surface area (Å²) in [5.74, 6) is -1.26. The van der Waals surface area contributed by atoms with E-state index in [9.17, 15) is 9.59 Å². The standard InChI is InChI=1S/C14H19N5O3/c1-9-11(7-15-18(9)4)8-17(3)13(20)10(2)19-6-5-12(16-19)14(21)22/h5-7,10H,8H2,1-4H3,(H,21,22). The largest absolute Gasteiger partial charge is 0.476 e. The number of carboxylic acid groups (broad SMARTS) is 1. The van der Waals surface area contributed by atoms with Crippen LogP contribution in [0.2, 0.25) is 0 Å². The van der Waals surface area contributed by atoms with Crippen LogP contribution in [0.25, 0.3) is 0 Å². The van der Waals surface area contributed by atoms with Crippen molar-refractivity contribution in [1.29, 1.82) is 0 Å². The summed E-state index contributed by atoms with van der Waals surface area (Å²) < 4.78 is 3.11. The molecule has 0 aliphatic rings. The van der Waals surface area contributed by atoms with Crippen LogP contribution in [0, 0.1) is 6.92 Å². The van der Waals surface area contributed by atoms with E-state index >= 15 is 0 Å². The molecule has 0 fully saturated rings. The summed E-state index contributed by atoms with van der Waals surface area (Å²) in [6.07, 6.45) is 3.23. The second kappa shape index (κ2) is 6.00. The van der Waals surface area contributed by atoms with E-state index in [1.807, 2.05) is 14.0 Å². The van der Waals surface area contributed by atoms with Crippen LogP contribution in [-0.4, -0.2) is 48.5 Å². The predicted octanol–water partition coefficient (Wildman–Crippen LogP) is 0.843. The second-order valence-corrected chi connectivity index (χ2v) is 5.24. The molecule has 1 unspecified atom stereocenters. The van der Waals surface area contributed by atoms with Gasteiger partial charge in [0.05, 0.1) is 6.20 Å². The van der Waals surface area contributed by atoms with Gasteiger partial charge in [-0.25, -0.2) is 4.79 Å². The van der Waals surface area contributed by atoms with Crippen molar-refractivity contribution in [3.05, 3.63) is 35.4 Å². The van der Waals surface area contributed by atoms with E-state index in [0.29, 0.717) is 6.54 Å². The first-order valence-corrected chi connectivity index (χ1v) is 6.82. The molecule has 0 saturated carbocycles. The molecule has 0 radical (unpaired) electrons. The molecule has 0 aliphatic heterocycles. The molecular formula is C14H19N5O3. The Hall–Kier alpha value is -2.64. The highest BCUT2D eigenvalue weighted by Gasteiger charge is 2.22. The molecule has 22 heavy (non-hydrogen) atoms. The zero-order valence-electron chi connectivity index (χ0n) is 13.0. The van der Waals surface area contributed by atoms with Crippen molar-refractivity contribution in [2.75, 3.05) is 7.05 Å². The molecule has 8 heteroatoms. The minimum Gasteiger partial charge on any atom is -0.476 e. The monoisotopic (exact) mass is 305 g/mol.